The van der Waals surface area contributed by atoms with E-state index in [1.165, 1.54) is 0 Å². The van der Waals surface area contributed by atoms with Gasteiger partial charge in [0.2, 0.25) is 11.8 Å². The molecule has 7 nitrogen and oxygen atoms in total. The Morgan fingerprint density at radius 3 is 2.71 bits per heavy atom. The largest absolute Gasteiger partial charge is 0.490 e. The van der Waals surface area contributed by atoms with Gasteiger partial charge in [0.15, 0.2) is 0 Å². The third-order valence-electron chi connectivity index (χ3n) is 5.09. The van der Waals surface area contributed by atoms with Crippen LogP contribution in [-0.4, -0.2) is 34.2 Å². The van der Waals surface area contributed by atoms with Gasteiger partial charge in [-0.05, 0) is 50.8 Å². The Kier molecular flexibility index (Phi) is 5.14. The third-order valence-corrected chi connectivity index (χ3v) is 5.09. The first-order valence-electron chi connectivity index (χ1n) is 9.58. The second-order valence-electron chi connectivity index (χ2n) is 7.16. The molecule has 1 aliphatic carbocycles. The lowest BCUT2D eigenvalue weighted by atomic mass is 9.93. The normalized spacial score (nSPS) is 19.4. The van der Waals surface area contributed by atoms with Crippen LogP contribution in [0.25, 0.3) is 10.9 Å². The maximum atomic E-state index is 6.33. The molecule has 0 bridgehead atoms. The van der Waals surface area contributed by atoms with Crippen LogP contribution in [0, 0.1) is 6.92 Å². The number of nitrogens with zero attached hydrogens (tertiary/aromatic N) is 3. The molecule has 0 aliphatic heterocycles. The zero-order chi connectivity index (χ0) is 19.5. The molecule has 0 radical (unpaired) electrons. The maximum absolute atomic E-state index is 6.33. The minimum atomic E-state index is 0.163. The summed E-state index contributed by atoms with van der Waals surface area (Å²) >= 11 is 0. The summed E-state index contributed by atoms with van der Waals surface area (Å²) < 4.78 is 11.5. The van der Waals surface area contributed by atoms with Crippen molar-refractivity contribution in [2.75, 3.05) is 18.2 Å². The molecule has 1 aromatic carbocycles. The van der Waals surface area contributed by atoms with Gasteiger partial charge in [-0.2, -0.15) is 4.98 Å². The van der Waals surface area contributed by atoms with Crippen LogP contribution in [0.4, 0.5) is 11.6 Å². The Bertz CT molecular complexity index is 970. The van der Waals surface area contributed by atoms with E-state index in [1.807, 2.05) is 31.2 Å². The fraction of sp³-hybridized carbons (Fsp3) is 0.381. The molecule has 1 aliphatic rings. The van der Waals surface area contributed by atoms with Gasteiger partial charge in [0.25, 0.3) is 0 Å². The number of anilines is 2. The SMILES string of the molecule is COc1ccnc(NC2CCC(Oc3cccc4nc(C)cc(N)c34)CC2)n1. The molecule has 2 heterocycles. The van der Waals surface area contributed by atoms with Crippen molar-refractivity contribution in [2.24, 2.45) is 0 Å². The minimum absolute atomic E-state index is 0.163. The second-order valence-corrected chi connectivity index (χ2v) is 7.16. The summed E-state index contributed by atoms with van der Waals surface area (Å²) in [5.74, 6) is 1.98. The zero-order valence-corrected chi connectivity index (χ0v) is 16.2. The number of fused-ring (bicyclic) bond motifs is 1. The first-order chi connectivity index (χ1) is 13.6. The smallest absolute Gasteiger partial charge is 0.226 e. The first-order valence-corrected chi connectivity index (χ1v) is 9.58. The average Bonchev–Trinajstić information content (AvgIpc) is 2.69. The van der Waals surface area contributed by atoms with Gasteiger partial charge in [0.05, 0.1) is 24.1 Å². The van der Waals surface area contributed by atoms with Crippen molar-refractivity contribution in [3.8, 4) is 11.6 Å². The van der Waals surface area contributed by atoms with Crippen LogP contribution in [0.1, 0.15) is 31.4 Å². The molecule has 28 heavy (non-hydrogen) atoms. The van der Waals surface area contributed by atoms with E-state index in [4.69, 9.17) is 15.2 Å². The highest BCUT2D eigenvalue weighted by Crippen LogP contribution is 2.33. The molecular formula is C21H25N5O2. The number of nitrogen functional groups attached to an aromatic ring is 1. The number of nitrogens with two attached hydrogens (primary N) is 1. The minimum Gasteiger partial charge on any atom is -0.490 e. The number of benzene rings is 1. The van der Waals surface area contributed by atoms with Gasteiger partial charge in [-0.1, -0.05) is 6.07 Å². The molecule has 0 atom stereocenters. The van der Waals surface area contributed by atoms with E-state index in [2.05, 4.69) is 20.3 Å². The summed E-state index contributed by atoms with van der Waals surface area (Å²) in [7, 11) is 1.60. The van der Waals surface area contributed by atoms with Crippen molar-refractivity contribution in [1.29, 1.82) is 0 Å². The third kappa shape index (κ3) is 3.93. The number of nitrogens with one attached hydrogen (secondary N) is 1. The lowest BCUT2D eigenvalue weighted by Crippen LogP contribution is -2.31. The van der Waals surface area contributed by atoms with Crippen LogP contribution in [0.5, 0.6) is 11.6 Å². The van der Waals surface area contributed by atoms with E-state index in [0.29, 0.717) is 23.6 Å². The molecule has 0 spiro atoms. The van der Waals surface area contributed by atoms with E-state index < -0.39 is 0 Å². The van der Waals surface area contributed by atoms with Crippen LogP contribution >= 0.6 is 0 Å². The molecule has 3 aromatic rings. The highest BCUT2D eigenvalue weighted by molar-refractivity contribution is 5.95. The highest BCUT2D eigenvalue weighted by Gasteiger charge is 2.24. The van der Waals surface area contributed by atoms with E-state index in [0.717, 1.165) is 48.0 Å². The lowest BCUT2D eigenvalue weighted by molar-refractivity contribution is 0.152. The van der Waals surface area contributed by atoms with Gasteiger partial charge in [0, 0.05) is 29.7 Å². The van der Waals surface area contributed by atoms with Crippen LogP contribution in [0.15, 0.2) is 36.5 Å². The van der Waals surface area contributed by atoms with Crippen molar-refractivity contribution < 1.29 is 9.47 Å². The molecule has 2 aromatic heterocycles. The van der Waals surface area contributed by atoms with Crippen LogP contribution in [0.3, 0.4) is 0 Å². The zero-order valence-electron chi connectivity index (χ0n) is 16.2. The average molecular weight is 379 g/mol. The van der Waals surface area contributed by atoms with Crippen molar-refractivity contribution >= 4 is 22.5 Å². The number of aromatic nitrogens is 3. The Morgan fingerprint density at radius 1 is 1.11 bits per heavy atom. The van der Waals surface area contributed by atoms with Gasteiger partial charge in [-0.15, -0.1) is 0 Å². The lowest BCUT2D eigenvalue weighted by Gasteiger charge is -2.30. The van der Waals surface area contributed by atoms with Gasteiger partial charge in [-0.3, -0.25) is 4.98 Å². The summed E-state index contributed by atoms with van der Waals surface area (Å²) in [4.78, 5) is 13.2. The highest BCUT2D eigenvalue weighted by atomic mass is 16.5. The topological polar surface area (TPSA) is 95.2 Å². The molecule has 0 unspecified atom stereocenters. The number of methoxy groups -OCH3 is 1. The summed E-state index contributed by atoms with van der Waals surface area (Å²) in [5, 5.41) is 4.30. The Balaban J connectivity index is 1.40. The van der Waals surface area contributed by atoms with Gasteiger partial charge < -0.3 is 20.5 Å². The quantitative estimate of drug-likeness (QED) is 0.697. The number of aryl methyl sites for hydroxylation is 1. The summed E-state index contributed by atoms with van der Waals surface area (Å²) in [6.07, 6.45) is 5.75. The summed E-state index contributed by atoms with van der Waals surface area (Å²) in [6.45, 7) is 1.95. The molecule has 1 fully saturated rings. The van der Waals surface area contributed by atoms with Crippen LogP contribution in [-0.2, 0) is 0 Å². The van der Waals surface area contributed by atoms with Gasteiger partial charge in [0.1, 0.15) is 5.75 Å². The van der Waals surface area contributed by atoms with E-state index in [9.17, 15) is 0 Å². The number of hydrogen-bond donors (Lipinski definition) is 2. The number of rotatable bonds is 5. The molecule has 146 valence electrons. The van der Waals surface area contributed by atoms with Gasteiger partial charge in [-0.25, -0.2) is 4.98 Å². The molecule has 3 N–H and O–H groups in total. The number of pyridine rings is 1. The van der Waals surface area contributed by atoms with Crippen molar-refractivity contribution in [3.05, 3.63) is 42.2 Å². The fourth-order valence-electron chi connectivity index (χ4n) is 3.73. The van der Waals surface area contributed by atoms with E-state index >= 15 is 0 Å². The van der Waals surface area contributed by atoms with E-state index in [-0.39, 0.29) is 6.10 Å². The first kappa shape index (κ1) is 18.3. The number of hydrogen-bond acceptors (Lipinski definition) is 7. The van der Waals surface area contributed by atoms with Crippen LogP contribution < -0.4 is 20.5 Å². The Labute approximate surface area is 164 Å². The molecule has 0 amide bonds. The predicted molar refractivity (Wildman–Crippen MR) is 110 cm³/mol. The molecule has 1 saturated carbocycles. The fourth-order valence-corrected chi connectivity index (χ4v) is 3.73. The van der Waals surface area contributed by atoms with Crippen LogP contribution in [0.2, 0.25) is 0 Å². The Morgan fingerprint density at radius 2 is 1.93 bits per heavy atom. The molecule has 7 heteroatoms. The van der Waals surface area contributed by atoms with Crippen molar-refractivity contribution in [1.82, 2.24) is 15.0 Å². The maximum Gasteiger partial charge on any atom is 0.226 e. The number of ether oxygens (including phenoxy) is 2. The monoisotopic (exact) mass is 379 g/mol. The van der Waals surface area contributed by atoms with E-state index in [1.54, 1.807) is 19.4 Å². The molecule has 4 rings (SSSR count). The van der Waals surface area contributed by atoms with Gasteiger partial charge >= 0.3 is 0 Å². The predicted octanol–water partition coefficient (Wildman–Crippen LogP) is 3.73. The molecular weight excluding hydrogens is 354 g/mol. The standard InChI is InChI=1S/C21H25N5O2/c1-13-12-16(22)20-17(24-13)4-3-5-18(20)28-15-8-6-14(7-9-15)25-21-23-11-10-19(26-21)27-2/h3-5,10-12,14-15H,6-9H2,1-2H3,(H2,22,24)(H,23,25,26). The Hall–Kier alpha value is -3.09. The van der Waals surface area contributed by atoms with Crippen molar-refractivity contribution in [3.63, 3.8) is 0 Å². The summed E-state index contributed by atoms with van der Waals surface area (Å²) in [5.41, 5.74) is 8.74. The molecule has 0 saturated heterocycles. The van der Waals surface area contributed by atoms with Crippen molar-refractivity contribution in [2.45, 2.75) is 44.8 Å². The second kappa shape index (κ2) is 7.88. The summed E-state index contributed by atoms with van der Waals surface area (Å²) in [6, 6.07) is 9.88.